The van der Waals surface area contributed by atoms with E-state index in [0.717, 1.165) is 21.4 Å². The molecule has 0 amide bonds. The predicted octanol–water partition coefficient (Wildman–Crippen LogP) is 1.88. The van der Waals surface area contributed by atoms with E-state index in [2.05, 4.69) is 10.3 Å². The lowest BCUT2D eigenvalue weighted by atomic mass is 10.2. The number of aryl methyl sites for hydroxylation is 3. The van der Waals surface area contributed by atoms with Gasteiger partial charge in [-0.25, -0.2) is 0 Å². The van der Waals surface area contributed by atoms with Gasteiger partial charge in [0.2, 0.25) is 0 Å². The average molecular weight is 266 g/mol. The maximum absolute atomic E-state index is 8.83. The van der Waals surface area contributed by atoms with E-state index < -0.39 is 0 Å². The van der Waals surface area contributed by atoms with Gasteiger partial charge in [-0.15, -0.1) is 0 Å². The molecule has 0 aliphatic carbocycles. The molecule has 0 fully saturated rings. The first kappa shape index (κ1) is 12.6. The molecular weight excluding hydrogens is 252 g/mol. The summed E-state index contributed by atoms with van der Waals surface area (Å²) in [6.45, 7) is 3.70. The Hall–Kier alpha value is -1.89. The molecule has 18 heavy (non-hydrogen) atoms. The van der Waals surface area contributed by atoms with Crippen LogP contribution in [-0.4, -0.2) is 20.8 Å². The van der Waals surface area contributed by atoms with Crippen LogP contribution in [0.4, 0.5) is 0 Å². The van der Waals surface area contributed by atoms with Gasteiger partial charge in [0, 0.05) is 7.05 Å². The molecule has 0 aliphatic heterocycles. The molecule has 96 valence electrons. The highest BCUT2D eigenvalue weighted by molar-refractivity contribution is 7.99. The fourth-order valence-electron chi connectivity index (χ4n) is 1.68. The summed E-state index contributed by atoms with van der Waals surface area (Å²) in [7, 11) is 1.82. The Kier molecular flexibility index (Phi) is 3.33. The van der Waals surface area contributed by atoms with E-state index in [-0.39, 0.29) is 5.84 Å². The van der Waals surface area contributed by atoms with Crippen LogP contribution >= 0.6 is 11.8 Å². The predicted molar refractivity (Wildman–Crippen MR) is 68.0 cm³/mol. The molecule has 0 aliphatic rings. The van der Waals surface area contributed by atoms with Gasteiger partial charge < -0.3 is 15.4 Å². The second kappa shape index (κ2) is 4.77. The summed E-state index contributed by atoms with van der Waals surface area (Å²) in [5.41, 5.74) is 7.05. The zero-order valence-electron chi connectivity index (χ0n) is 10.3. The maximum atomic E-state index is 8.83. The van der Waals surface area contributed by atoms with E-state index >= 15 is 0 Å². The summed E-state index contributed by atoms with van der Waals surface area (Å²) in [4.78, 5) is 0.977. The van der Waals surface area contributed by atoms with E-state index in [1.54, 1.807) is 10.9 Å². The van der Waals surface area contributed by atoms with Crippen LogP contribution < -0.4 is 5.73 Å². The molecule has 0 bridgehead atoms. The minimum absolute atomic E-state index is 0.0595. The first-order valence-corrected chi connectivity index (χ1v) is 6.09. The van der Waals surface area contributed by atoms with Crippen molar-refractivity contribution in [3.8, 4) is 0 Å². The third-order valence-corrected chi connectivity index (χ3v) is 3.86. The number of rotatable bonds is 3. The van der Waals surface area contributed by atoms with E-state index in [4.69, 9.17) is 15.4 Å². The van der Waals surface area contributed by atoms with Crippen molar-refractivity contribution in [2.75, 3.05) is 0 Å². The van der Waals surface area contributed by atoms with Crippen molar-refractivity contribution in [3.63, 3.8) is 0 Å². The van der Waals surface area contributed by atoms with Crippen molar-refractivity contribution in [3.05, 3.63) is 29.3 Å². The van der Waals surface area contributed by atoms with Gasteiger partial charge in [0.1, 0.15) is 10.8 Å². The van der Waals surface area contributed by atoms with E-state index in [0.29, 0.717) is 5.56 Å². The zero-order chi connectivity index (χ0) is 13.3. The minimum atomic E-state index is 0.0595. The molecule has 2 aromatic heterocycles. The molecule has 0 spiro atoms. The third kappa shape index (κ3) is 2.08. The Morgan fingerprint density at radius 1 is 1.56 bits per heavy atom. The molecule has 2 rings (SSSR count). The SMILES string of the molecule is Cc1nn(C)c(Sc2ccoc2C)c1/C(N)=N/O. The van der Waals surface area contributed by atoms with Crippen molar-refractivity contribution in [1.29, 1.82) is 0 Å². The van der Waals surface area contributed by atoms with Crippen LogP contribution in [0.1, 0.15) is 17.0 Å². The fraction of sp³-hybridized carbons (Fsp3) is 0.273. The molecule has 7 heteroatoms. The van der Waals surface area contributed by atoms with Crippen molar-refractivity contribution in [2.45, 2.75) is 23.8 Å². The summed E-state index contributed by atoms with van der Waals surface area (Å²) < 4.78 is 6.96. The molecule has 0 saturated heterocycles. The van der Waals surface area contributed by atoms with Gasteiger partial charge in [0.05, 0.1) is 22.4 Å². The largest absolute Gasteiger partial charge is 0.468 e. The van der Waals surface area contributed by atoms with Gasteiger partial charge in [-0.05, 0) is 19.9 Å². The number of nitrogens with two attached hydrogens (primary N) is 1. The van der Waals surface area contributed by atoms with Crippen LogP contribution in [0.2, 0.25) is 0 Å². The Morgan fingerprint density at radius 2 is 2.28 bits per heavy atom. The van der Waals surface area contributed by atoms with E-state index in [9.17, 15) is 0 Å². The molecule has 0 radical (unpaired) electrons. The molecule has 2 heterocycles. The molecule has 0 unspecified atom stereocenters. The van der Waals surface area contributed by atoms with Gasteiger partial charge in [-0.2, -0.15) is 5.10 Å². The molecule has 6 nitrogen and oxygen atoms in total. The van der Waals surface area contributed by atoms with Crippen LogP contribution in [0.25, 0.3) is 0 Å². The molecular formula is C11H14N4O2S. The van der Waals surface area contributed by atoms with Crippen molar-refractivity contribution >= 4 is 17.6 Å². The zero-order valence-corrected chi connectivity index (χ0v) is 11.2. The van der Waals surface area contributed by atoms with Crippen molar-refractivity contribution in [1.82, 2.24) is 9.78 Å². The maximum Gasteiger partial charge on any atom is 0.174 e. The van der Waals surface area contributed by atoms with Crippen LogP contribution in [0.5, 0.6) is 0 Å². The summed E-state index contributed by atoms with van der Waals surface area (Å²) >= 11 is 1.47. The monoisotopic (exact) mass is 266 g/mol. The summed E-state index contributed by atoms with van der Waals surface area (Å²) in [5.74, 6) is 0.883. The standard InChI is InChI=1S/C11H14N4O2S/c1-6-9(10(12)14-16)11(15(3)13-6)18-8-4-5-17-7(8)2/h4-5,16H,1-3H3,(H2,12,14). The van der Waals surface area contributed by atoms with Crippen LogP contribution in [-0.2, 0) is 7.05 Å². The highest BCUT2D eigenvalue weighted by Gasteiger charge is 2.19. The lowest BCUT2D eigenvalue weighted by molar-refractivity contribution is 0.318. The Morgan fingerprint density at radius 3 is 2.83 bits per heavy atom. The first-order valence-electron chi connectivity index (χ1n) is 5.28. The highest BCUT2D eigenvalue weighted by atomic mass is 32.2. The quantitative estimate of drug-likeness (QED) is 0.383. The van der Waals surface area contributed by atoms with Crippen LogP contribution in [0.15, 0.2) is 31.8 Å². The molecule has 0 aromatic carbocycles. The van der Waals surface area contributed by atoms with Gasteiger partial charge >= 0.3 is 0 Å². The Bertz CT molecular complexity index is 600. The van der Waals surface area contributed by atoms with E-state index in [1.807, 2.05) is 27.0 Å². The Labute approximate surface area is 108 Å². The second-order valence-electron chi connectivity index (χ2n) is 3.82. The van der Waals surface area contributed by atoms with Gasteiger partial charge in [-0.3, -0.25) is 4.68 Å². The fourth-order valence-corrected chi connectivity index (χ4v) is 2.73. The van der Waals surface area contributed by atoms with Crippen LogP contribution in [0.3, 0.4) is 0 Å². The second-order valence-corrected chi connectivity index (χ2v) is 4.85. The molecule has 0 atom stereocenters. The average Bonchev–Trinajstić information content (AvgIpc) is 2.84. The summed E-state index contributed by atoms with van der Waals surface area (Å²) in [6.07, 6.45) is 1.63. The molecule has 0 saturated carbocycles. The lowest BCUT2D eigenvalue weighted by Crippen LogP contribution is -2.14. The number of amidine groups is 1. The number of nitrogens with zero attached hydrogens (tertiary/aromatic N) is 3. The lowest BCUT2D eigenvalue weighted by Gasteiger charge is -2.04. The van der Waals surface area contributed by atoms with Crippen LogP contribution in [0, 0.1) is 13.8 Å². The normalized spacial score (nSPS) is 12.1. The van der Waals surface area contributed by atoms with Gasteiger partial charge in [-0.1, -0.05) is 16.9 Å². The molecule has 3 N–H and O–H groups in total. The van der Waals surface area contributed by atoms with Crippen molar-refractivity contribution in [2.24, 2.45) is 17.9 Å². The van der Waals surface area contributed by atoms with E-state index in [1.165, 1.54) is 11.8 Å². The highest BCUT2D eigenvalue weighted by Crippen LogP contribution is 2.33. The van der Waals surface area contributed by atoms with Gasteiger partial charge in [0.15, 0.2) is 5.84 Å². The number of hydrogen-bond acceptors (Lipinski definition) is 5. The minimum Gasteiger partial charge on any atom is -0.468 e. The van der Waals surface area contributed by atoms with Crippen molar-refractivity contribution < 1.29 is 9.62 Å². The summed E-state index contributed by atoms with van der Waals surface area (Å²) in [5, 5.41) is 17.0. The number of oxime groups is 1. The third-order valence-electron chi connectivity index (χ3n) is 2.55. The smallest absolute Gasteiger partial charge is 0.174 e. The Balaban J connectivity index is 2.48. The summed E-state index contributed by atoms with van der Waals surface area (Å²) in [6, 6.07) is 1.87. The number of aromatic nitrogens is 2. The van der Waals surface area contributed by atoms with Gasteiger partial charge in [0.25, 0.3) is 0 Å². The number of furan rings is 1. The molecule has 2 aromatic rings. The number of hydrogen-bond donors (Lipinski definition) is 2. The topological polar surface area (TPSA) is 89.6 Å². The first-order chi connectivity index (χ1) is 8.54.